The highest BCUT2D eigenvalue weighted by Gasteiger charge is 2.33. The van der Waals surface area contributed by atoms with Gasteiger partial charge in [-0.05, 0) is 43.2 Å². The molecule has 4 aromatic rings. The van der Waals surface area contributed by atoms with E-state index >= 15 is 0 Å². The van der Waals surface area contributed by atoms with Crippen LogP contribution in [0.1, 0.15) is 17.0 Å². The van der Waals surface area contributed by atoms with Crippen LogP contribution in [0.5, 0.6) is 0 Å². The molecule has 1 N–H and O–H groups in total. The summed E-state index contributed by atoms with van der Waals surface area (Å²) in [6, 6.07) is 19.7. The zero-order valence-electron chi connectivity index (χ0n) is 22.3. The number of aromatic nitrogens is 1. The third-order valence-corrected chi connectivity index (χ3v) is 9.62. The summed E-state index contributed by atoms with van der Waals surface area (Å²) in [5.74, 6) is 0. The molecule has 0 aliphatic carbocycles. The number of nitro groups is 1. The summed E-state index contributed by atoms with van der Waals surface area (Å²) in [6.07, 6.45) is -0.0923. The standard InChI is InChI=1S/C28H29N5O6S2/c1-20-30-24-17-23(11-12-26(24)40-20)32(41(37,38)27-10-6-5-9-25(27)33(35)36)15-13-22-18-31(16-14-29-22)28(34)39-19-21-7-3-2-4-8-21/h2-12,17,22,29H,13-16,18-19H2,1H3/t22-/m1/s1. The molecule has 214 valence electrons. The summed E-state index contributed by atoms with van der Waals surface area (Å²) in [5, 5.41) is 15.9. The number of ether oxygens (including phenoxy) is 1. The van der Waals surface area contributed by atoms with Gasteiger partial charge in [0.15, 0.2) is 4.90 Å². The highest BCUT2D eigenvalue weighted by molar-refractivity contribution is 7.93. The van der Waals surface area contributed by atoms with Crippen LogP contribution in [0.15, 0.2) is 77.7 Å². The molecule has 0 saturated carbocycles. The second-order valence-corrected chi connectivity index (χ2v) is 12.7. The summed E-state index contributed by atoms with van der Waals surface area (Å²) in [5.41, 5.74) is 1.40. The second-order valence-electron chi connectivity index (χ2n) is 9.61. The van der Waals surface area contributed by atoms with E-state index in [0.717, 1.165) is 15.3 Å². The number of sulfonamides is 1. The number of anilines is 1. The Bertz CT molecular complexity index is 1660. The molecule has 1 saturated heterocycles. The van der Waals surface area contributed by atoms with E-state index in [1.807, 2.05) is 37.3 Å². The Hall–Kier alpha value is -4.07. The van der Waals surface area contributed by atoms with Crippen molar-refractivity contribution in [2.75, 3.05) is 30.5 Å². The van der Waals surface area contributed by atoms with Gasteiger partial charge in [0.25, 0.3) is 15.7 Å². The third kappa shape index (κ3) is 6.47. The van der Waals surface area contributed by atoms with Crippen molar-refractivity contribution < 1.29 is 22.9 Å². The lowest BCUT2D eigenvalue weighted by Crippen LogP contribution is -2.53. The maximum atomic E-state index is 14.0. The van der Waals surface area contributed by atoms with E-state index in [0.29, 0.717) is 37.3 Å². The molecule has 5 rings (SSSR count). The van der Waals surface area contributed by atoms with Gasteiger partial charge in [0.2, 0.25) is 0 Å². The van der Waals surface area contributed by atoms with Gasteiger partial charge in [-0.2, -0.15) is 0 Å². The Morgan fingerprint density at radius 1 is 1.17 bits per heavy atom. The molecule has 0 spiro atoms. The van der Waals surface area contributed by atoms with Gasteiger partial charge in [0, 0.05) is 38.3 Å². The van der Waals surface area contributed by atoms with E-state index in [4.69, 9.17) is 4.74 Å². The van der Waals surface area contributed by atoms with Crippen molar-refractivity contribution in [2.45, 2.75) is 30.9 Å². The molecule has 0 bridgehead atoms. The molecule has 0 radical (unpaired) electrons. The number of amides is 1. The largest absolute Gasteiger partial charge is 0.445 e. The minimum Gasteiger partial charge on any atom is -0.445 e. The van der Waals surface area contributed by atoms with Crippen LogP contribution in [0.25, 0.3) is 10.2 Å². The van der Waals surface area contributed by atoms with Crippen LogP contribution in [0.3, 0.4) is 0 Å². The Balaban J connectivity index is 1.36. The van der Waals surface area contributed by atoms with E-state index in [9.17, 15) is 23.3 Å². The SMILES string of the molecule is Cc1nc2cc(N(CC[C@@H]3CN(C(=O)OCc4ccccc4)CCN3)S(=O)(=O)c3ccccc3[N+](=O)[O-])ccc2s1. The number of rotatable bonds is 9. The number of fused-ring (bicyclic) bond motifs is 1. The average Bonchev–Trinajstić information content (AvgIpc) is 3.36. The van der Waals surface area contributed by atoms with Gasteiger partial charge in [0.05, 0.1) is 25.8 Å². The molecule has 1 fully saturated rings. The van der Waals surface area contributed by atoms with Gasteiger partial charge in [-0.3, -0.25) is 14.4 Å². The summed E-state index contributed by atoms with van der Waals surface area (Å²) in [4.78, 5) is 29.5. The molecule has 2 heterocycles. The molecule has 1 atom stereocenters. The van der Waals surface area contributed by atoms with Gasteiger partial charge in [-0.25, -0.2) is 18.2 Å². The number of benzene rings is 3. The number of piperazine rings is 1. The topological polar surface area (TPSA) is 135 Å². The van der Waals surface area contributed by atoms with E-state index in [-0.39, 0.29) is 24.1 Å². The monoisotopic (exact) mass is 595 g/mol. The van der Waals surface area contributed by atoms with Crippen molar-refractivity contribution in [3.63, 3.8) is 0 Å². The smallest absolute Gasteiger partial charge is 0.410 e. The van der Waals surface area contributed by atoms with E-state index in [1.165, 1.54) is 39.9 Å². The first-order valence-corrected chi connectivity index (χ1v) is 15.3. The average molecular weight is 596 g/mol. The fraction of sp³-hybridized carbons (Fsp3) is 0.286. The van der Waals surface area contributed by atoms with Crippen molar-refractivity contribution in [3.05, 3.63) is 93.5 Å². The second kappa shape index (κ2) is 12.2. The first-order chi connectivity index (χ1) is 19.7. The first-order valence-electron chi connectivity index (χ1n) is 13.0. The summed E-state index contributed by atoms with van der Waals surface area (Å²) >= 11 is 1.50. The third-order valence-electron chi connectivity index (χ3n) is 6.80. The molecular formula is C28H29N5O6S2. The lowest BCUT2D eigenvalue weighted by atomic mass is 10.1. The lowest BCUT2D eigenvalue weighted by Gasteiger charge is -2.34. The van der Waals surface area contributed by atoms with Crippen LogP contribution in [0.2, 0.25) is 0 Å². The number of thiazole rings is 1. The number of nitrogens with zero attached hydrogens (tertiary/aromatic N) is 4. The predicted octanol–water partition coefficient (Wildman–Crippen LogP) is 4.71. The number of carbonyl (C=O) groups excluding carboxylic acids is 1. The van der Waals surface area contributed by atoms with Crippen LogP contribution < -0.4 is 9.62 Å². The number of nitro benzene ring substituents is 1. The zero-order valence-corrected chi connectivity index (χ0v) is 23.9. The molecule has 1 amide bonds. The maximum absolute atomic E-state index is 14.0. The van der Waals surface area contributed by atoms with E-state index in [1.54, 1.807) is 23.1 Å². The Morgan fingerprint density at radius 3 is 2.71 bits per heavy atom. The Labute approximate surface area is 241 Å². The van der Waals surface area contributed by atoms with Crippen LogP contribution in [-0.2, 0) is 21.4 Å². The molecule has 3 aromatic carbocycles. The summed E-state index contributed by atoms with van der Waals surface area (Å²) in [7, 11) is -4.33. The van der Waals surface area contributed by atoms with Crippen LogP contribution >= 0.6 is 11.3 Å². The van der Waals surface area contributed by atoms with Crippen molar-refractivity contribution in [2.24, 2.45) is 0 Å². The van der Waals surface area contributed by atoms with Crippen LogP contribution in [0, 0.1) is 17.0 Å². The number of nitrogens with one attached hydrogen (secondary N) is 1. The van der Waals surface area contributed by atoms with Crippen molar-refractivity contribution in [3.8, 4) is 0 Å². The van der Waals surface area contributed by atoms with Gasteiger partial charge in [-0.1, -0.05) is 42.5 Å². The van der Waals surface area contributed by atoms with Gasteiger partial charge in [0.1, 0.15) is 6.61 Å². The molecule has 13 heteroatoms. The lowest BCUT2D eigenvalue weighted by molar-refractivity contribution is -0.387. The number of para-hydroxylation sites is 1. The van der Waals surface area contributed by atoms with Crippen molar-refractivity contribution >= 4 is 49.0 Å². The van der Waals surface area contributed by atoms with Crippen molar-refractivity contribution in [1.29, 1.82) is 0 Å². The molecule has 1 aromatic heterocycles. The quantitative estimate of drug-likeness (QED) is 0.217. The predicted molar refractivity (Wildman–Crippen MR) is 157 cm³/mol. The van der Waals surface area contributed by atoms with Crippen molar-refractivity contribution in [1.82, 2.24) is 15.2 Å². The first kappa shape index (κ1) is 28.5. The van der Waals surface area contributed by atoms with Crippen LogP contribution in [0.4, 0.5) is 16.2 Å². The van der Waals surface area contributed by atoms with Gasteiger partial charge < -0.3 is 15.0 Å². The zero-order chi connectivity index (χ0) is 29.0. The molecular weight excluding hydrogens is 566 g/mol. The fourth-order valence-electron chi connectivity index (χ4n) is 4.79. The fourth-order valence-corrected chi connectivity index (χ4v) is 7.23. The molecule has 0 unspecified atom stereocenters. The Kier molecular flexibility index (Phi) is 8.47. The minimum absolute atomic E-state index is 0.0214. The van der Waals surface area contributed by atoms with E-state index in [2.05, 4.69) is 10.3 Å². The highest BCUT2D eigenvalue weighted by atomic mass is 32.2. The maximum Gasteiger partial charge on any atom is 0.410 e. The number of aryl methyl sites for hydroxylation is 1. The van der Waals surface area contributed by atoms with E-state index < -0.39 is 26.7 Å². The molecule has 11 nitrogen and oxygen atoms in total. The number of hydrogen-bond donors (Lipinski definition) is 1. The van der Waals surface area contributed by atoms with Gasteiger partial charge in [-0.15, -0.1) is 11.3 Å². The summed E-state index contributed by atoms with van der Waals surface area (Å²) < 4.78 is 35.5. The molecule has 1 aliphatic rings. The normalized spacial score (nSPS) is 15.5. The highest BCUT2D eigenvalue weighted by Crippen LogP contribution is 2.33. The van der Waals surface area contributed by atoms with Gasteiger partial charge >= 0.3 is 6.09 Å². The molecule has 41 heavy (non-hydrogen) atoms. The minimum atomic E-state index is -4.33. The molecule has 1 aliphatic heterocycles. The number of carbonyl (C=O) groups is 1. The summed E-state index contributed by atoms with van der Waals surface area (Å²) in [6.45, 7) is 3.37. The Morgan fingerprint density at radius 2 is 1.93 bits per heavy atom. The number of hydrogen-bond acceptors (Lipinski definition) is 9. The van der Waals surface area contributed by atoms with Crippen LogP contribution in [-0.4, -0.2) is 61.5 Å².